The van der Waals surface area contributed by atoms with Crippen molar-refractivity contribution in [3.8, 4) is 0 Å². The molecule has 3 amide bonds. The molecule has 2 unspecified atom stereocenters. The fourth-order valence-corrected chi connectivity index (χ4v) is 5.94. The van der Waals surface area contributed by atoms with Gasteiger partial charge in [-0.2, -0.15) is 0 Å². The lowest BCUT2D eigenvalue weighted by Gasteiger charge is -2.41. The molecule has 9 nitrogen and oxygen atoms in total. The van der Waals surface area contributed by atoms with Gasteiger partial charge in [-0.1, -0.05) is 24.4 Å². The summed E-state index contributed by atoms with van der Waals surface area (Å²) in [7, 11) is 0. The quantitative estimate of drug-likeness (QED) is 0.570. The molecule has 2 atom stereocenters. The molecule has 3 aliphatic rings. The Morgan fingerprint density at radius 3 is 2.49 bits per heavy atom. The van der Waals surface area contributed by atoms with Crippen LogP contribution in [0.1, 0.15) is 64.5 Å². The SMILES string of the molecule is Cc1c(CN2CCN(C(=O)C3CCCC3)C(C)C2)cc(Cl)cc1NC(=O)C1CN(C(=O)OC(C)(C)C)CCO1. The maximum Gasteiger partial charge on any atom is 0.410 e. The molecule has 10 heteroatoms. The van der Waals surface area contributed by atoms with Crippen LogP contribution in [0.4, 0.5) is 10.5 Å². The van der Waals surface area contributed by atoms with E-state index >= 15 is 0 Å². The van der Waals surface area contributed by atoms with Gasteiger partial charge in [0.2, 0.25) is 5.91 Å². The molecule has 1 aromatic carbocycles. The van der Waals surface area contributed by atoms with Gasteiger partial charge in [-0.3, -0.25) is 14.5 Å². The fourth-order valence-electron chi connectivity index (χ4n) is 5.70. The maximum absolute atomic E-state index is 13.1. The van der Waals surface area contributed by atoms with Crippen molar-refractivity contribution in [3.63, 3.8) is 0 Å². The van der Waals surface area contributed by atoms with Crippen molar-refractivity contribution in [2.24, 2.45) is 5.92 Å². The van der Waals surface area contributed by atoms with Crippen LogP contribution in [-0.4, -0.2) is 89.7 Å². The fraction of sp³-hybridized carbons (Fsp3) is 0.690. The Bertz CT molecular complexity index is 1070. The molecular formula is C29H43ClN4O5. The standard InChI is InChI=1S/C29H43ClN4O5/c1-19-16-32(10-11-34(19)27(36)21-8-6-7-9-21)17-22-14-23(30)15-24(20(22)2)31-26(35)25-18-33(12-13-38-25)28(37)39-29(3,4)5/h14-15,19,21,25H,6-13,16-18H2,1-5H3,(H,31,35). The van der Waals surface area contributed by atoms with Crippen LogP contribution in [0.5, 0.6) is 0 Å². The van der Waals surface area contributed by atoms with Gasteiger partial charge in [0.25, 0.3) is 5.91 Å². The van der Waals surface area contributed by atoms with E-state index in [1.165, 1.54) is 4.90 Å². The number of carbonyl (C=O) groups is 3. The van der Waals surface area contributed by atoms with Crippen LogP contribution in [-0.2, 0) is 25.6 Å². The van der Waals surface area contributed by atoms with Crippen molar-refractivity contribution < 1.29 is 23.9 Å². The molecule has 0 radical (unpaired) electrons. The molecule has 0 aromatic heterocycles. The molecule has 0 spiro atoms. The van der Waals surface area contributed by atoms with Crippen molar-refractivity contribution in [2.45, 2.75) is 84.6 Å². The van der Waals surface area contributed by atoms with E-state index in [0.29, 0.717) is 29.7 Å². The number of hydrogen-bond acceptors (Lipinski definition) is 6. The van der Waals surface area contributed by atoms with E-state index in [1.807, 2.05) is 33.8 Å². The Morgan fingerprint density at radius 2 is 1.82 bits per heavy atom. The van der Waals surface area contributed by atoms with Gasteiger partial charge in [-0.05, 0) is 70.7 Å². The molecule has 1 aliphatic carbocycles. The van der Waals surface area contributed by atoms with Crippen LogP contribution in [0.3, 0.4) is 0 Å². The lowest BCUT2D eigenvalue weighted by atomic mass is 10.0. The number of hydrogen-bond donors (Lipinski definition) is 1. The topological polar surface area (TPSA) is 91.4 Å². The minimum Gasteiger partial charge on any atom is -0.444 e. The van der Waals surface area contributed by atoms with Crippen LogP contribution in [0.15, 0.2) is 12.1 Å². The van der Waals surface area contributed by atoms with Crippen molar-refractivity contribution in [2.75, 3.05) is 44.6 Å². The Labute approximate surface area is 237 Å². The molecule has 39 heavy (non-hydrogen) atoms. The van der Waals surface area contributed by atoms with Crippen LogP contribution in [0, 0.1) is 12.8 Å². The number of anilines is 1. The Hall–Kier alpha value is -2.36. The van der Waals surface area contributed by atoms with E-state index in [4.69, 9.17) is 21.1 Å². The van der Waals surface area contributed by atoms with Gasteiger partial charge in [0.05, 0.1) is 13.2 Å². The van der Waals surface area contributed by atoms with Crippen LogP contribution >= 0.6 is 11.6 Å². The maximum atomic E-state index is 13.1. The first-order valence-corrected chi connectivity index (χ1v) is 14.5. The number of rotatable bonds is 5. The minimum atomic E-state index is -0.806. The summed E-state index contributed by atoms with van der Waals surface area (Å²) >= 11 is 6.48. The van der Waals surface area contributed by atoms with Crippen molar-refractivity contribution in [3.05, 3.63) is 28.3 Å². The molecule has 216 valence electrons. The summed E-state index contributed by atoms with van der Waals surface area (Å²) in [6, 6.07) is 3.84. The highest BCUT2D eigenvalue weighted by molar-refractivity contribution is 6.31. The summed E-state index contributed by atoms with van der Waals surface area (Å²) in [5, 5.41) is 3.51. The van der Waals surface area contributed by atoms with Crippen LogP contribution in [0.25, 0.3) is 0 Å². The summed E-state index contributed by atoms with van der Waals surface area (Å²) in [6.07, 6.45) is 3.10. The van der Waals surface area contributed by atoms with Crippen molar-refractivity contribution >= 4 is 35.2 Å². The number of morpholine rings is 1. The highest BCUT2D eigenvalue weighted by Crippen LogP contribution is 2.30. The second-order valence-corrected chi connectivity index (χ2v) is 12.5. The van der Waals surface area contributed by atoms with E-state index in [1.54, 1.807) is 6.07 Å². The Balaban J connectivity index is 1.37. The molecule has 2 heterocycles. The second-order valence-electron chi connectivity index (χ2n) is 12.1. The third-order valence-electron chi connectivity index (χ3n) is 7.84. The molecule has 4 rings (SSSR count). The normalized spacial score (nSPS) is 23.1. The predicted molar refractivity (Wildman–Crippen MR) is 151 cm³/mol. The average Bonchev–Trinajstić information content (AvgIpc) is 3.41. The molecular weight excluding hydrogens is 520 g/mol. The number of nitrogens with zero attached hydrogens (tertiary/aromatic N) is 3. The monoisotopic (exact) mass is 562 g/mol. The number of halogens is 1. The zero-order chi connectivity index (χ0) is 28.3. The number of piperazine rings is 1. The van der Waals surface area contributed by atoms with Gasteiger partial charge in [0, 0.05) is 55.4 Å². The third-order valence-corrected chi connectivity index (χ3v) is 8.06. The van der Waals surface area contributed by atoms with Crippen molar-refractivity contribution in [1.29, 1.82) is 0 Å². The number of benzene rings is 1. The number of carbonyl (C=O) groups excluding carboxylic acids is 3. The lowest BCUT2D eigenvalue weighted by Crippen LogP contribution is -2.54. The van der Waals surface area contributed by atoms with E-state index in [-0.39, 0.29) is 31.0 Å². The molecule has 1 saturated carbocycles. The highest BCUT2D eigenvalue weighted by atomic mass is 35.5. The summed E-state index contributed by atoms with van der Waals surface area (Å²) in [5.74, 6) is 0.190. The van der Waals surface area contributed by atoms with E-state index < -0.39 is 17.8 Å². The summed E-state index contributed by atoms with van der Waals surface area (Å²) in [6.45, 7) is 13.3. The second kappa shape index (κ2) is 12.4. The van der Waals surface area contributed by atoms with Gasteiger partial charge in [-0.25, -0.2) is 4.79 Å². The van der Waals surface area contributed by atoms with Crippen molar-refractivity contribution in [1.82, 2.24) is 14.7 Å². The molecule has 1 aromatic rings. The molecule has 2 aliphatic heterocycles. The first-order valence-electron chi connectivity index (χ1n) is 14.1. The predicted octanol–water partition coefficient (Wildman–Crippen LogP) is 4.45. The van der Waals surface area contributed by atoms with E-state index in [9.17, 15) is 14.4 Å². The van der Waals surface area contributed by atoms with E-state index in [0.717, 1.165) is 56.4 Å². The van der Waals surface area contributed by atoms with Gasteiger partial charge in [-0.15, -0.1) is 0 Å². The number of nitrogens with one attached hydrogen (secondary N) is 1. The van der Waals surface area contributed by atoms with Gasteiger partial charge in [0.15, 0.2) is 6.10 Å². The lowest BCUT2D eigenvalue weighted by molar-refractivity contribution is -0.140. The van der Waals surface area contributed by atoms with Gasteiger partial charge >= 0.3 is 6.09 Å². The first kappa shape index (κ1) is 29.6. The summed E-state index contributed by atoms with van der Waals surface area (Å²) in [5.41, 5.74) is 1.98. The molecule has 0 bridgehead atoms. The minimum absolute atomic E-state index is 0.120. The molecule has 3 fully saturated rings. The number of amides is 3. The average molecular weight is 563 g/mol. The number of ether oxygens (including phenoxy) is 2. The Morgan fingerprint density at radius 1 is 1.10 bits per heavy atom. The van der Waals surface area contributed by atoms with Crippen LogP contribution < -0.4 is 5.32 Å². The summed E-state index contributed by atoms with van der Waals surface area (Å²) < 4.78 is 11.1. The largest absolute Gasteiger partial charge is 0.444 e. The van der Waals surface area contributed by atoms with Gasteiger partial charge in [0.1, 0.15) is 5.60 Å². The van der Waals surface area contributed by atoms with Gasteiger partial charge < -0.3 is 24.6 Å². The zero-order valence-electron chi connectivity index (χ0n) is 23.9. The third kappa shape index (κ3) is 7.64. The highest BCUT2D eigenvalue weighted by Gasteiger charge is 2.34. The molecule has 1 N–H and O–H groups in total. The smallest absolute Gasteiger partial charge is 0.410 e. The first-order chi connectivity index (χ1) is 18.4. The summed E-state index contributed by atoms with van der Waals surface area (Å²) in [4.78, 5) is 44.5. The van der Waals surface area contributed by atoms with E-state index in [2.05, 4.69) is 22.0 Å². The Kier molecular flexibility index (Phi) is 9.45. The molecule has 2 saturated heterocycles. The van der Waals surface area contributed by atoms with Crippen LogP contribution in [0.2, 0.25) is 5.02 Å². The zero-order valence-corrected chi connectivity index (χ0v) is 24.7.